The van der Waals surface area contributed by atoms with Crippen LogP contribution in [0.15, 0.2) is 0 Å². The van der Waals surface area contributed by atoms with Gasteiger partial charge >= 0.3 is 12.3 Å². The number of cyclic esters (lactones) is 2. The minimum Gasteiger partial charge on any atom is -0.430 e. The number of carbonyl (C=O) groups excluding carboxylic acids is 3. The van der Waals surface area contributed by atoms with Crippen molar-refractivity contribution >= 4 is 35.5 Å². The largest absolute Gasteiger partial charge is 0.508 e. The number of hydrogen-bond acceptors (Lipinski definition) is 6. The van der Waals surface area contributed by atoms with Crippen molar-refractivity contribution in [2.24, 2.45) is 0 Å². The summed E-state index contributed by atoms with van der Waals surface area (Å²) in [4.78, 5) is 26.4. The van der Waals surface area contributed by atoms with Crippen molar-refractivity contribution < 1.29 is 28.6 Å². The van der Waals surface area contributed by atoms with Crippen molar-refractivity contribution in [2.75, 3.05) is 25.0 Å². The van der Waals surface area contributed by atoms with E-state index in [0.717, 1.165) is 6.61 Å². The van der Waals surface area contributed by atoms with Gasteiger partial charge in [0, 0.05) is 0 Å². The molecule has 6 nitrogen and oxygen atoms in total. The summed E-state index contributed by atoms with van der Waals surface area (Å²) < 4.78 is 13.7. The van der Waals surface area contributed by atoms with E-state index in [-0.39, 0.29) is 19.7 Å². The number of ether oxygens (including phenoxy) is 3. The van der Waals surface area contributed by atoms with Crippen LogP contribution < -0.4 is 0 Å². The van der Waals surface area contributed by atoms with Crippen LogP contribution in [0, 0.1) is 0 Å². The van der Waals surface area contributed by atoms with Crippen molar-refractivity contribution in [1.82, 2.24) is 0 Å². The van der Waals surface area contributed by atoms with E-state index in [1.165, 1.54) is 0 Å². The lowest BCUT2D eigenvalue weighted by Crippen LogP contribution is -2.10. The lowest BCUT2D eigenvalue weighted by atomic mass is 10.4. The molecule has 0 bridgehead atoms. The fourth-order valence-corrected chi connectivity index (χ4v) is 0.929. The Labute approximate surface area is 109 Å². The molecule has 0 radical (unpaired) electrons. The van der Waals surface area contributed by atoms with E-state index >= 15 is 0 Å². The second-order valence-corrected chi connectivity index (χ2v) is 3.27. The fourth-order valence-electron chi connectivity index (χ4n) is 0.598. The molecule has 0 aromatic rings. The Kier molecular flexibility index (Phi) is 12.7. The first kappa shape index (κ1) is 18.6. The zero-order valence-corrected chi connectivity index (χ0v) is 9.70. The van der Waals surface area contributed by atoms with E-state index in [1.54, 1.807) is 0 Å². The van der Waals surface area contributed by atoms with Crippen LogP contribution in [0.1, 0.15) is 7.43 Å². The van der Waals surface area contributed by atoms with Crippen molar-refractivity contribution in [3.63, 3.8) is 0 Å². The molecule has 2 heterocycles. The van der Waals surface area contributed by atoms with Gasteiger partial charge in [-0.05, 0) is 0 Å². The molecule has 8 heteroatoms. The van der Waals surface area contributed by atoms with Gasteiger partial charge in [0.05, 0.1) is 24.5 Å². The Morgan fingerprint density at radius 1 is 1.18 bits per heavy atom. The van der Waals surface area contributed by atoms with E-state index in [2.05, 4.69) is 9.47 Å². The number of carbonyl (C=O) groups is 1. The second-order valence-electron chi connectivity index (χ2n) is 2.65. The second kappa shape index (κ2) is 11.7. The van der Waals surface area contributed by atoms with E-state index in [4.69, 9.17) is 37.5 Å². The summed E-state index contributed by atoms with van der Waals surface area (Å²) in [5, 5.41) is 0. The first-order valence-electron chi connectivity index (χ1n) is 4.24. The monoisotopic (exact) mass is 288 g/mol. The number of alkyl halides is 2. The third kappa shape index (κ3) is 11.5. The van der Waals surface area contributed by atoms with Crippen LogP contribution in [-0.4, -0.2) is 49.5 Å². The van der Waals surface area contributed by atoms with Gasteiger partial charge < -0.3 is 14.2 Å². The lowest BCUT2D eigenvalue weighted by molar-refractivity contribution is -0.191. The molecule has 2 rings (SSSR count). The molecule has 0 spiro atoms. The quantitative estimate of drug-likeness (QED) is 0.434. The van der Waals surface area contributed by atoms with Crippen LogP contribution in [0.2, 0.25) is 0 Å². The molecule has 2 aliphatic heterocycles. The summed E-state index contributed by atoms with van der Waals surface area (Å²) in [7, 11) is 0. The molecule has 100 valence electrons. The first-order valence-corrected chi connectivity index (χ1v) is 5.31. The van der Waals surface area contributed by atoms with Crippen LogP contribution in [0.4, 0.5) is 4.79 Å². The molecule has 2 fully saturated rings. The molecule has 0 aromatic carbocycles. The highest BCUT2D eigenvalue weighted by molar-refractivity contribution is 6.18. The van der Waals surface area contributed by atoms with Gasteiger partial charge in [-0.1, -0.05) is 7.43 Å². The van der Waals surface area contributed by atoms with E-state index in [9.17, 15) is 4.79 Å². The average Bonchev–Trinajstić information content (AvgIpc) is 3.03. The number of halogens is 2. The summed E-state index contributed by atoms with van der Waals surface area (Å²) in [6, 6.07) is 0. The third-order valence-electron chi connectivity index (χ3n) is 1.40. The zero-order valence-electron chi connectivity index (χ0n) is 8.19. The van der Waals surface area contributed by atoms with Crippen molar-refractivity contribution in [2.45, 2.75) is 19.6 Å². The SMILES string of the molecule is C.ClCC1CO1.O=C1OCC(CCl)O1.O=C=O. The minimum atomic E-state index is -0.615. The van der Waals surface area contributed by atoms with Crippen molar-refractivity contribution in [3.8, 4) is 0 Å². The van der Waals surface area contributed by atoms with Crippen LogP contribution >= 0.6 is 23.2 Å². The highest BCUT2D eigenvalue weighted by Crippen LogP contribution is 2.08. The molecule has 17 heavy (non-hydrogen) atoms. The van der Waals surface area contributed by atoms with Crippen LogP contribution in [-0.2, 0) is 23.8 Å². The Bertz CT molecular complexity index is 238. The highest BCUT2D eigenvalue weighted by Gasteiger charge is 2.23. The average molecular weight is 289 g/mol. The maximum Gasteiger partial charge on any atom is 0.508 e. The first-order chi connectivity index (χ1) is 7.67. The van der Waals surface area contributed by atoms with E-state index < -0.39 is 6.16 Å². The van der Waals surface area contributed by atoms with Gasteiger partial charge in [-0.15, -0.1) is 23.2 Å². The Balaban J connectivity index is 0. The summed E-state index contributed by atoms with van der Waals surface area (Å²) in [5.41, 5.74) is 0. The normalized spacial score (nSPS) is 23.3. The minimum absolute atomic E-state index is 0. The standard InChI is InChI=1S/C4H5ClO3.C3H5ClO.CO2.CH4/c5-1-3-2-7-4(6)8-3;4-1-3-2-5-3;2-1-3;/h3H,1-2H2;3H,1-2H2;;1H4. The molecular weight excluding hydrogens is 275 g/mol. The molecule has 0 saturated carbocycles. The maximum absolute atomic E-state index is 10.1. The summed E-state index contributed by atoms with van der Waals surface area (Å²) >= 11 is 10.6. The van der Waals surface area contributed by atoms with Gasteiger partial charge in [0.1, 0.15) is 6.61 Å². The van der Waals surface area contributed by atoms with Crippen molar-refractivity contribution in [3.05, 3.63) is 0 Å². The third-order valence-corrected chi connectivity index (χ3v) is 2.08. The topological polar surface area (TPSA) is 82.2 Å². The molecule has 0 amide bonds. The predicted octanol–water partition coefficient (Wildman–Crippen LogP) is 1.44. The number of epoxide rings is 1. The highest BCUT2D eigenvalue weighted by atomic mass is 35.5. The molecule has 0 aliphatic carbocycles. The smallest absolute Gasteiger partial charge is 0.430 e. The predicted molar refractivity (Wildman–Crippen MR) is 59.1 cm³/mol. The molecular formula is C9H14Cl2O6. The van der Waals surface area contributed by atoms with Gasteiger partial charge in [0.2, 0.25) is 0 Å². The van der Waals surface area contributed by atoms with Crippen LogP contribution in [0.3, 0.4) is 0 Å². The Morgan fingerprint density at radius 2 is 1.65 bits per heavy atom. The molecule has 2 atom stereocenters. The Morgan fingerprint density at radius 3 is 1.76 bits per heavy atom. The van der Waals surface area contributed by atoms with Gasteiger partial charge in [0.25, 0.3) is 0 Å². The number of hydrogen-bond donors (Lipinski definition) is 0. The van der Waals surface area contributed by atoms with E-state index in [1.807, 2.05) is 0 Å². The molecule has 0 aromatic heterocycles. The zero-order chi connectivity index (χ0) is 12.4. The molecule has 2 aliphatic rings. The van der Waals surface area contributed by atoms with E-state index in [0.29, 0.717) is 24.5 Å². The molecule has 2 saturated heterocycles. The summed E-state index contributed by atoms with van der Waals surface area (Å²) in [6.07, 6.45) is -0.198. The lowest BCUT2D eigenvalue weighted by Gasteiger charge is -1.95. The van der Waals surface area contributed by atoms with Gasteiger partial charge in [-0.25, -0.2) is 4.79 Å². The van der Waals surface area contributed by atoms with Crippen LogP contribution in [0.5, 0.6) is 0 Å². The Hall–Kier alpha value is -0.810. The maximum atomic E-state index is 10.1. The van der Waals surface area contributed by atoms with Gasteiger partial charge in [-0.2, -0.15) is 9.59 Å². The van der Waals surface area contributed by atoms with Gasteiger partial charge in [-0.3, -0.25) is 0 Å². The van der Waals surface area contributed by atoms with Crippen LogP contribution in [0.25, 0.3) is 0 Å². The molecule has 2 unspecified atom stereocenters. The van der Waals surface area contributed by atoms with Gasteiger partial charge in [0.15, 0.2) is 6.10 Å². The van der Waals surface area contributed by atoms with Crippen molar-refractivity contribution in [1.29, 1.82) is 0 Å². The number of rotatable bonds is 2. The summed E-state index contributed by atoms with van der Waals surface area (Å²) in [6.45, 7) is 1.17. The molecule has 0 N–H and O–H groups in total. The fraction of sp³-hybridized carbons (Fsp3) is 0.778. The summed E-state index contributed by atoms with van der Waals surface area (Å²) in [5.74, 6) is 0.978.